The fourth-order valence-electron chi connectivity index (χ4n) is 1.17. The topological polar surface area (TPSA) is 80.9 Å². The molecule has 128 valence electrons. The fourth-order valence-corrected chi connectivity index (χ4v) is 1.17. The summed E-state index contributed by atoms with van der Waals surface area (Å²) in [5.74, 6) is 0. The summed E-state index contributed by atoms with van der Waals surface area (Å²) in [6.45, 7) is 4.14. The van der Waals surface area contributed by atoms with Gasteiger partial charge in [0.15, 0.2) is 0 Å². The maximum absolute atomic E-state index is 8.54. The molecule has 0 heterocycles. The van der Waals surface area contributed by atoms with E-state index in [9.17, 15) is 0 Å². The Bertz CT molecular complexity index is 368. The molecule has 2 rings (SSSR count). The van der Waals surface area contributed by atoms with Crippen molar-refractivity contribution in [3.63, 3.8) is 0 Å². The van der Waals surface area contributed by atoms with Crippen molar-refractivity contribution in [1.82, 2.24) is 0 Å². The van der Waals surface area contributed by atoms with Crippen LogP contribution in [-0.2, 0) is 39.4 Å². The van der Waals surface area contributed by atoms with Crippen molar-refractivity contribution in [1.29, 1.82) is 0 Å². The van der Waals surface area contributed by atoms with Crippen LogP contribution >= 0.6 is 0 Å². The van der Waals surface area contributed by atoms with Crippen LogP contribution in [-0.4, -0.2) is 33.6 Å². The predicted octanol–water partition coefficient (Wildman–Crippen LogP) is 2.35. The van der Waals surface area contributed by atoms with E-state index < -0.39 is 0 Å². The number of aliphatic hydroxyl groups is 4. The summed E-state index contributed by atoms with van der Waals surface area (Å²) in [4.78, 5) is 0. The molecular formula is C18H28O4Zr. The molecule has 0 amide bonds. The zero-order valence-corrected chi connectivity index (χ0v) is 16.3. The third kappa shape index (κ3) is 21.2. The van der Waals surface area contributed by atoms with Crippen LogP contribution in [0.3, 0.4) is 0 Å². The van der Waals surface area contributed by atoms with Gasteiger partial charge in [0, 0.05) is 39.4 Å². The van der Waals surface area contributed by atoms with Crippen LogP contribution in [0.5, 0.6) is 0 Å². The van der Waals surface area contributed by atoms with Crippen LogP contribution in [0.1, 0.15) is 25.0 Å². The van der Waals surface area contributed by atoms with Crippen molar-refractivity contribution in [3.8, 4) is 0 Å². The minimum absolute atomic E-state index is 0. The Balaban J connectivity index is -0.000000253. The second-order valence-electron chi connectivity index (χ2n) is 3.92. The SMILES string of the molecule is CCO.CCO.OCc1ccccc1.OCc1ccccc1.[Zr]. The predicted molar refractivity (Wildman–Crippen MR) is 90.2 cm³/mol. The molecule has 0 aliphatic carbocycles. The summed E-state index contributed by atoms with van der Waals surface area (Å²) in [6, 6.07) is 19.0. The standard InChI is InChI=1S/2C7H8O.2C2H6O.Zr/c2*8-6-7-4-2-1-3-5-7;2*1-2-3;/h2*1-5,8H,6H2;2*3H,2H2,1H3;. The van der Waals surface area contributed by atoms with E-state index in [0.29, 0.717) is 0 Å². The summed E-state index contributed by atoms with van der Waals surface area (Å²) in [5, 5.41) is 32.2. The van der Waals surface area contributed by atoms with Gasteiger partial charge >= 0.3 is 0 Å². The van der Waals surface area contributed by atoms with E-state index in [4.69, 9.17) is 20.4 Å². The molecule has 0 bridgehead atoms. The average Bonchev–Trinajstić information content (AvgIpc) is 2.58. The molecule has 0 spiro atoms. The second kappa shape index (κ2) is 23.4. The summed E-state index contributed by atoms with van der Waals surface area (Å²) in [5.41, 5.74) is 1.93. The first-order valence-corrected chi connectivity index (χ1v) is 7.21. The van der Waals surface area contributed by atoms with E-state index in [1.165, 1.54) is 0 Å². The van der Waals surface area contributed by atoms with E-state index in [2.05, 4.69) is 0 Å². The van der Waals surface area contributed by atoms with Crippen molar-refractivity contribution in [3.05, 3.63) is 71.8 Å². The van der Waals surface area contributed by atoms with Gasteiger partial charge in [0.05, 0.1) is 13.2 Å². The largest absolute Gasteiger partial charge is 0.397 e. The van der Waals surface area contributed by atoms with Gasteiger partial charge < -0.3 is 20.4 Å². The van der Waals surface area contributed by atoms with E-state index >= 15 is 0 Å². The maximum Gasteiger partial charge on any atom is 0.0681 e. The van der Waals surface area contributed by atoms with Crippen molar-refractivity contribution in [2.45, 2.75) is 27.1 Å². The first-order chi connectivity index (χ1) is 10.7. The molecule has 0 aliphatic heterocycles. The fraction of sp³-hybridized carbons (Fsp3) is 0.333. The third-order valence-corrected chi connectivity index (χ3v) is 2.05. The van der Waals surface area contributed by atoms with Gasteiger partial charge in [0.1, 0.15) is 0 Å². The number of aliphatic hydroxyl groups excluding tert-OH is 4. The zero-order chi connectivity index (χ0) is 17.1. The van der Waals surface area contributed by atoms with Gasteiger partial charge in [-0.05, 0) is 25.0 Å². The Morgan fingerprint density at radius 2 is 0.783 bits per heavy atom. The number of benzene rings is 2. The van der Waals surface area contributed by atoms with E-state index in [-0.39, 0.29) is 52.6 Å². The first-order valence-electron chi connectivity index (χ1n) is 7.21. The van der Waals surface area contributed by atoms with Crippen LogP contribution < -0.4 is 0 Å². The average molecular weight is 400 g/mol. The Labute approximate surface area is 158 Å². The van der Waals surface area contributed by atoms with E-state index in [0.717, 1.165) is 11.1 Å². The quantitative estimate of drug-likeness (QED) is 0.625. The van der Waals surface area contributed by atoms with Gasteiger partial charge in [-0.3, -0.25) is 0 Å². The zero-order valence-electron chi connectivity index (χ0n) is 13.9. The Morgan fingerprint density at radius 3 is 0.913 bits per heavy atom. The third-order valence-electron chi connectivity index (χ3n) is 2.05. The van der Waals surface area contributed by atoms with Crippen molar-refractivity contribution in [2.75, 3.05) is 13.2 Å². The Kier molecular flexibility index (Phi) is 27.5. The van der Waals surface area contributed by atoms with Crippen LogP contribution in [0.2, 0.25) is 0 Å². The van der Waals surface area contributed by atoms with Gasteiger partial charge in [0.2, 0.25) is 0 Å². The minimum atomic E-state index is 0. The Hall–Kier alpha value is -0.837. The van der Waals surface area contributed by atoms with Crippen LogP contribution in [0.25, 0.3) is 0 Å². The maximum atomic E-state index is 8.54. The van der Waals surface area contributed by atoms with Gasteiger partial charge in [-0.2, -0.15) is 0 Å². The summed E-state index contributed by atoms with van der Waals surface area (Å²) >= 11 is 0. The summed E-state index contributed by atoms with van der Waals surface area (Å²) in [6.07, 6.45) is 0. The summed E-state index contributed by atoms with van der Waals surface area (Å²) < 4.78 is 0. The van der Waals surface area contributed by atoms with Crippen LogP contribution in [0.15, 0.2) is 60.7 Å². The first kappa shape index (κ1) is 27.0. The Morgan fingerprint density at radius 1 is 0.565 bits per heavy atom. The van der Waals surface area contributed by atoms with Crippen LogP contribution in [0.4, 0.5) is 0 Å². The molecule has 0 radical (unpaired) electrons. The van der Waals surface area contributed by atoms with E-state index in [1.807, 2.05) is 60.7 Å². The molecule has 0 aromatic heterocycles. The van der Waals surface area contributed by atoms with Gasteiger partial charge in [-0.25, -0.2) is 0 Å². The van der Waals surface area contributed by atoms with Crippen molar-refractivity contribution < 1.29 is 46.6 Å². The molecule has 0 aliphatic rings. The molecular weight excluding hydrogens is 371 g/mol. The molecule has 23 heavy (non-hydrogen) atoms. The molecule has 5 heteroatoms. The molecule has 4 N–H and O–H groups in total. The molecule has 2 aromatic carbocycles. The monoisotopic (exact) mass is 398 g/mol. The van der Waals surface area contributed by atoms with Gasteiger partial charge in [-0.1, -0.05) is 60.7 Å². The van der Waals surface area contributed by atoms with Crippen molar-refractivity contribution in [2.24, 2.45) is 0 Å². The molecule has 4 nitrogen and oxygen atoms in total. The molecule has 0 fully saturated rings. The molecule has 0 atom stereocenters. The molecule has 0 saturated heterocycles. The van der Waals surface area contributed by atoms with Gasteiger partial charge in [-0.15, -0.1) is 0 Å². The van der Waals surface area contributed by atoms with Crippen molar-refractivity contribution >= 4 is 0 Å². The number of hydrogen-bond donors (Lipinski definition) is 4. The molecule has 2 aromatic rings. The normalized spacial score (nSPS) is 7.91. The van der Waals surface area contributed by atoms with Gasteiger partial charge in [0.25, 0.3) is 0 Å². The van der Waals surface area contributed by atoms with E-state index in [1.54, 1.807) is 13.8 Å². The number of rotatable bonds is 2. The van der Waals surface area contributed by atoms with Crippen LogP contribution in [0, 0.1) is 0 Å². The molecule has 0 unspecified atom stereocenters. The minimum Gasteiger partial charge on any atom is -0.397 e. The second-order valence-corrected chi connectivity index (χ2v) is 3.92. The summed E-state index contributed by atoms with van der Waals surface area (Å²) in [7, 11) is 0. The molecule has 0 saturated carbocycles. The number of hydrogen-bond acceptors (Lipinski definition) is 4. The smallest absolute Gasteiger partial charge is 0.0681 e.